The van der Waals surface area contributed by atoms with Crippen LogP contribution >= 0.6 is 0 Å². The zero-order valence-electron chi connectivity index (χ0n) is 19.0. The fourth-order valence-corrected chi connectivity index (χ4v) is 9.11. The summed E-state index contributed by atoms with van der Waals surface area (Å²) in [7, 11) is -1.24. The van der Waals surface area contributed by atoms with E-state index in [2.05, 4.69) is 68.2 Å². The van der Waals surface area contributed by atoms with Crippen LogP contribution in [0.3, 0.4) is 0 Å². The van der Waals surface area contributed by atoms with Gasteiger partial charge in [0.15, 0.2) is 0 Å². The molecule has 2 aromatic rings. The van der Waals surface area contributed by atoms with Gasteiger partial charge in [0.2, 0.25) is 0 Å². The molecule has 156 valence electrons. The molecule has 5 aliphatic carbocycles. The summed E-state index contributed by atoms with van der Waals surface area (Å²) in [4.78, 5) is 0. The van der Waals surface area contributed by atoms with Crippen LogP contribution in [-0.4, -0.2) is 8.07 Å². The molecular weight excluding hydrogens is 376 g/mol. The molecule has 30 heavy (non-hydrogen) atoms. The molecule has 4 bridgehead atoms. The quantitative estimate of drug-likeness (QED) is 0.458. The third-order valence-electron chi connectivity index (χ3n) is 8.79. The second-order valence-electron chi connectivity index (χ2n) is 12.3. The Labute approximate surface area is 183 Å². The fraction of sp³-hybridized carbons (Fsp3) is 0.517. The normalized spacial score (nSPS) is 31.7. The van der Waals surface area contributed by atoms with Gasteiger partial charge >= 0.3 is 0 Å². The lowest BCUT2D eigenvalue weighted by atomic mass is 9.48. The molecule has 0 heterocycles. The Hall–Kier alpha value is -1.60. The number of fused-ring (bicyclic) bond motifs is 1. The van der Waals surface area contributed by atoms with E-state index < -0.39 is 8.07 Å². The number of hydrogen-bond acceptors (Lipinski definition) is 0. The van der Waals surface area contributed by atoms with Gasteiger partial charge in [-0.3, -0.25) is 0 Å². The standard InChI is InChI=1S/C29H36Si/c1-30(2,3)26-9-7-24(8-10-26)27-6-4-5-25-14-23(15-28(25)27)19-29-16-20-11-21(17-29)13-22(12-20)18-29/h4-10,15,20-22H,11-14,16-19H2,1-3H3. The van der Waals surface area contributed by atoms with Gasteiger partial charge in [0.05, 0.1) is 8.07 Å². The van der Waals surface area contributed by atoms with E-state index in [-0.39, 0.29) is 0 Å². The Morgan fingerprint density at radius 2 is 1.47 bits per heavy atom. The van der Waals surface area contributed by atoms with E-state index in [1.54, 1.807) is 35.6 Å². The minimum absolute atomic E-state index is 0.655. The molecule has 0 aromatic heterocycles. The summed E-state index contributed by atoms with van der Waals surface area (Å²) in [6, 6.07) is 16.5. The van der Waals surface area contributed by atoms with Crippen molar-refractivity contribution >= 4 is 19.3 Å². The van der Waals surface area contributed by atoms with Gasteiger partial charge in [-0.15, -0.1) is 0 Å². The Morgan fingerprint density at radius 1 is 0.833 bits per heavy atom. The average Bonchev–Trinajstić information content (AvgIpc) is 3.08. The van der Waals surface area contributed by atoms with Gasteiger partial charge in [0.1, 0.15) is 0 Å². The predicted octanol–water partition coefficient (Wildman–Crippen LogP) is 7.44. The van der Waals surface area contributed by atoms with E-state index in [1.807, 2.05) is 0 Å². The Morgan fingerprint density at radius 3 is 2.07 bits per heavy atom. The first-order valence-electron chi connectivity index (χ1n) is 12.3. The van der Waals surface area contributed by atoms with Crippen LogP contribution in [0.4, 0.5) is 0 Å². The first-order valence-corrected chi connectivity index (χ1v) is 15.8. The highest BCUT2D eigenvalue weighted by Crippen LogP contribution is 2.62. The third kappa shape index (κ3) is 3.25. The lowest BCUT2D eigenvalue weighted by molar-refractivity contribution is -0.0521. The monoisotopic (exact) mass is 412 g/mol. The summed E-state index contributed by atoms with van der Waals surface area (Å²) in [6.45, 7) is 7.30. The van der Waals surface area contributed by atoms with E-state index in [9.17, 15) is 0 Å². The minimum Gasteiger partial charge on any atom is -0.0656 e. The summed E-state index contributed by atoms with van der Waals surface area (Å²) in [6.07, 6.45) is 14.4. The van der Waals surface area contributed by atoms with Gasteiger partial charge in [-0.05, 0) is 96.8 Å². The molecule has 5 aliphatic rings. The first-order chi connectivity index (χ1) is 14.4. The second kappa shape index (κ2) is 6.70. The van der Waals surface area contributed by atoms with Crippen molar-refractivity contribution in [2.75, 3.05) is 0 Å². The van der Waals surface area contributed by atoms with Gasteiger partial charge in [0.25, 0.3) is 0 Å². The Kier molecular flexibility index (Phi) is 4.26. The number of allylic oxidation sites excluding steroid dienone is 1. The van der Waals surface area contributed by atoms with Crippen LogP contribution in [0.5, 0.6) is 0 Å². The lowest BCUT2D eigenvalue weighted by Gasteiger charge is -2.57. The lowest BCUT2D eigenvalue weighted by Crippen LogP contribution is -2.46. The minimum atomic E-state index is -1.24. The third-order valence-corrected chi connectivity index (χ3v) is 10.9. The molecule has 0 nitrogen and oxygen atoms in total. The van der Waals surface area contributed by atoms with Gasteiger partial charge in [0, 0.05) is 0 Å². The molecular formula is C29H36Si. The number of rotatable bonds is 4. The maximum absolute atomic E-state index is 2.59. The topological polar surface area (TPSA) is 0 Å². The summed E-state index contributed by atoms with van der Waals surface area (Å²) < 4.78 is 0. The largest absolute Gasteiger partial charge is 0.0775 e. The van der Waals surface area contributed by atoms with Crippen molar-refractivity contribution in [3.63, 3.8) is 0 Å². The van der Waals surface area contributed by atoms with Gasteiger partial charge in [-0.25, -0.2) is 0 Å². The molecule has 4 fully saturated rings. The highest BCUT2D eigenvalue weighted by atomic mass is 28.3. The molecule has 0 N–H and O–H groups in total. The molecule has 0 spiro atoms. The molecule has 4 saturated carbocycles. The van der Waals surface area contributed by atoms with Crippen molar-refractivity contribution in [2.45, 2.75) is 71.0 Å². The molecule has 0 radical (unpaired) electrons. The zero-order valence-corrected chi connectivity index (χ0v) is 20.0. The molecule has 7 rings (SSSR count). The number of benzene rings is 2. The van der Waals surface area contributed by atoms with Crippen LogP contribution in [0.15, 0.2) is 48.0 Å². The van der Waals surface area contributed by atoms with Gasteiger partial charge < -0.3 is 0 Å². The van der Waals surface area contributed by atoms with Crippen LogP contribution in [0.2, 0.25) is 19.6 Å². The highest BCUT2D eigenvalue weighted by Gasteiger charge is 2.50. The molecule has 2 aromatic carbocycles. The Bertz CT molecular complexity index is 966. The van der Waals surface area contributed by atoms with E-state index in [0.29, 0.717) is 5.41 Å². The molecule has 0 aliphatic heterocycles. The maximum atomic E-state index is 2.59. The van der Waals surface area contributed by atoms with Crippen molar-refractivity contribution < 1.29 is 0 Å². The first kappa shape index (κ1) is 19.1. The molecule has 0 saturated heterocycles. The van der Waals surface area contributed by atoms with Gasteiger partial charge in [-0.2, -0.15) is 0 Å². The highest BCUT2D eigenvalue weighted by molar-refractivity contribution is 6.88. The molecule has 0 atom stereocenters. The fourth-order valence-electron chi connectivity index (χ4n) is 7.94. The summed E-state index contributed by atoms with van der Waals surface area (Å²) in [5, 5.41) is 1.55. The number of hydrogen-bond donors (Lipinski definition) is 0. The van der Waals surface area contributed by atoms with Crippen LogP contribution in [-0.2, 0) is 6.42 Å². The predicted molar refractivity (Wildman–Crippen MR) is 132 cm³/mol. The van der Waals surface area contributed by atoms with E-state index in [4.69, 9.17) is 0 Å². The molecule has 0 amide bonds. The van der Waals surface area contributed by atoms with Gasteiger partial charge in [-0.1, -0.05) is 78.9 Å². The summed E-state index contributed by atoms with van der Waals surface area (Å²) in [5.41, 5.74) is 8.27. The maximum Gasteiger partial charge on any atom is 0.0775 e. The van der Waals surface area contributed by atoms with Crippen LogP contribution in [0.1, 0.15) is 56.1 Å². The molecule has 0 unspecified atom stereocenters. The SMILES string of the molecule is C[Si](C)(C)c1ccc(-c2cccc3c2C=C(CC24CC5CC(CC(C5)C2)C4)C3)cc1. The van der Waals surface area contributed by atoms with Crippen molar-refractivity contribution in [3.8, 4) is 11.1 Å². The van der Waals surface area contributed by atoms with E-state index >= 15 is 0 Å². The van der Waals surface area contributed by atoms with Crippen LogP contribution in [0, 0.1) is 23.2 Å². The summed E-state index contributed by atoms with van der Waals surface area (Å²) in [5.74, 6) is 3.17. The van der Waals surface area contributed by atoms with Crippen molar-refractivity contribution in [1.29, 1.82) is 0 Å². The average molecular weight is 413 g/mol. The zero-order chi connectivity index (χ0) is 20.5. The van der Waals surface area contributed by atoms with Crippen molar-refractivity contribution in [3.05, 3.63) is 59.2 Å². The second-order valence-corrected chi connectivity index (χ2v) is 17.4. The van der Waals surface area contributed by atoms with E-state index in [1.165, 1.54) is 48.8 Å². The molecule has 1 heteroatoms. The van der Waals surface area contributed by atoms with Crippen molar-refractivity contribution in [1.82, 2.24) is 0 Å². The van der Waals surface area contributed by atoms with E-state index in [0.717, 1.165) is 17.8 Å². The van der Waals surface area contributed by atoms with Crippen molar-refractivity contribution in [2.24, 2.45) is 23.2 Å². The summed E-state index contributed by atoms with van der Waals surface area (Å²) >= 11 is 0. The van der Waals surface area contributed by atoms with Crippen LogP contribution < -0.4 is 5.19 Å². The Balaban J connectivity index is 1.28. The van der Waals surface area contributed by atoms with Crippen LogP contribution in [0.25, 0.3) is 17.2 Å². The smallest absolute Gasteiger partial charge is 0.0656 e.